The first-order valence-corrected chi connectivity index (χ1v) is 3.10. The molecular formula is C7H8N2O2. The van der Waals surface area contributed by atoms with Gasteiger partial charge >= 0.3 is 5.97 Å². The number of pyridine rings is 1. The van der Waals surface area contributed by atoms with Crippen LogP contribution in [0.2, 0.25) is 0 Å². The van der Waals surface area contributed by atoms with Crippen LogP contribution in [0.3, 0.4) is 0 Å². The minimum absolute atomic E-state index is 0.563. The summed E-state index contributed by atoms with van der Waals surface area (Å²) in [6.45, 7) is 0. The lowest BCUT2D eigenvalue weighted by molar-refractivity contribution is -0.138. The SMILES string of the molecule is N[C@@H](C(=O)O)c1ccncc1. The average molecular weight is 152 g/mol. The number of carbonyl (C=O) groups is 1. The van der Waals surface area contributed by atoms with Gasteiger partial charge in [-0.15, -0.1) is 0 Å². The molecule has 1 rings (SSSR count). The standard InChI is InChI=1S/C7H8N2O2/c8-6(7(10)11)5-1-3-9-4-2-5/h1-4,6H,8H2,(H,10,11)/t6-/m1/s1. The highest BCUT2D eigenvalue weighted by Crippen LogP contribution is 2.07. The van der Waals surface area contributed by atoms with Crippen molar-refractivity contribution in [2.24, 2.45) is 5.73 Å². The zero-order chi connectivity index (χ0) is 8.27. The summed E-state index contributed by atoms with van der Waals surface area (Å²) in [5.74, 6) is -1.03. The van der Waals surface area contributed by atoms with Gasteiger partial charge in [0.25, 0.3) is 0 Å². The molecule has 0 aliphatic carbocycles. The molecule has 1 aromatic rings. The van der Waals surface area contributed by atoms with Crippen LogP contribution in [-0.4, -0.2) is 16.1 Å². The molecule has 4 heteroatoms. The maximum Gasteiger partial charge on any atom is 0.325 e. The molecule has 3 N–H and O–H groups in total. The summed E-state index contributed by atoms with van der Waals surface area (Å²) in [6, 6.07) is 2.22. The van der Waals surface area contributed by atoms with Gasteiger partial charge in [0.1, 0.15) is 6.04 Å². The number of aliphatic carboxylic acids is 1. The third-order valence-corrected chi connectivity index (χ3v) is 1.33. The summed E-state index contributed by atoms with van der Waals surface area (Å²) in [7, 11) is 0. The Morgan fingerprint density at radius 1 is 1.55 bits per heavy atom. The predicted octanol–water partition coefficient (Wildman–Crippen LogP) is 0.166. The number of aromatic nitrogens is 1. The molecule has 1 heterocycles. The molecule has 0 aliphatic heterocycles. The van der Waals surface area contributed by atoms with Crippen molar-refractivity contribution in [3.63, 3.8) is 0 Å². The van der Waals surface area contributed by atoms with Crippen LogP contribution in [0.25, 0.3) is 0 Å². The van der Waals surface area contributed by atoms with Crippen LogP contribution in [0.15, 0.2) is 24.5 Å². The molecule has 0 unspecified atom stereocenters. The zero-order valence-electron chi connectivity index (χ0n) is 5.77. The number of hydrogen-bond donors (Lipinski definition) is 2. The molecule has 0 bridgehead atoms. The molecule has 0 amide bonds. The van der Waals surface area contributed by atoms with Gasteiger partial charge in [-0.05, 0) is 17.7 Å². The number of nitrogens with two attached hydrogens (primary N) is 1. The smallest absolute Gasteiger partial charge is 0.325 e. The van der Waals surface area contributed by atoms with E-state index in [0.717, 1.165) is 0 Å². The molecule has 1 atom stereocenters. The average Bonchev–Trinajstić information content (AvgIpc) is 2.05. The highest BCUT2D eigenvalue weighted by molar-refractivity contribution is 5.75. The fourth-order valence-electron chi connectivity index (χ4n) is 0.713. The Bertz CT molecular complexity index is 248. The minimum Gasteiger partial charge on any atom is -0.480 e. The van der Waals surface area contributed by atoms with Crippen molar-refractivity contribution in [2.45, 2.75) is 6.04 Å². The largest absolute Gasteiger partial charge is 0.480 e. The maximum atomic E-state index is 10.4. The van der Waals surface area contributed by atoms with Gasteiger partial charge in [-0.25, -0.2) is 0 Å². The van der Waals surface area contributed by atoms with E-state index in [2.05, 4.69) is 4.98 Å². The molecule has 0 spiro atoms. The lowest BCUT2D eigenvalue weighted by atomic mass is 10.1. The Balaban J connectivity index is 2.85. The highest BCUT2D eigenvalue weighted by atomic mass is 16.4. The topological polar surface area (TPSA) is 76.2 Å². The number of hydrogen-bond acceptors (Lipinski definition) is 3. The van der Waals surface area contributed by atoms with E-state index >= 15 is 0 Å². The zero-order valence-corrected chi connectivity index (χ0v) is 5.77. The van der Waals surface area contributed by atoms with Crippen LogP contribution in [0, 0.1) is 0 Å². The molecule has 1 aromatic heterocycles. The van der Waals surface area contributed by atoms with Gasteiger partial charge in [0.15, 0.2) is 0 Å². The molecule has 0 radical (unpaired) electrons. The van der Waals surface area contributed by atoms with Crippen molar-refractivity contribution in [1.82, 2.24) is 4.98 Å². The molecule has 4 nitrogen and oxygen atoms in total. The molecule has 0 saturated heterocycles. The van der Waals surface area contributed by atoms with Crippen LogP contribution in [0.1, 0.15) is 11.6 Å². The van der Waals surface area contributed by atoms with E-state index in [-0.39, 0.29) is 0 Å². The summed E-state index contributed by atoms with van der Waals surface area (Å²) in [6.07, 6.45) is 3.02. The van der Waals surface area contributed by atoms with Crippen LogP contribution in [0.4, 0.5) is 0 Å². The maximum absolute atomic E-state index is 10.4. The Morgan fingerprint density at radius 3 is 2.55 bits per heavy atom. The number of nitrogens with zero attached hydrogens (tertiary/aromatic N) is 1. The summed E-state index contributed by atoms with van der Waals surface area (Å²) in [5.41, 5.74) is 5.87. The van der Waals surface area contributed by atoms with Crippen molar-refractivity contribution in [2.75, 3.05) is 0 Å². The van der Waals surface area contributed by atoms with Crippen LogP contribution in [-0.2, 0) is 4.79 Å². The molecule has 11 heavy (non-hydrogen) atoms. The Hall–Kier alpha value is -1.42. The second-order valence-corrected chi connectivity index (χ2v) is 2.10. The van der Waals surface area contributed by atoms with Gasteiger partial charge in [0.05, 0.1) is 0 Å². The lowest BCUT2D eigenvalue weighted by Gasteiger charge is -2.04. The molecule has 0 aliphatic rings. The van der Waals surface area contributed by atoms with E-state index in [1.807, 2.05) is 0 Å². The minimum atomic E-state index is -1.03. The van der Waals surface area contributed by atoms with Gasteiger partial charge in [-0.2, -0.15) is 0 Å². The predicted molar refractivity (Wildman–Crippen MR) is 38.8 cm³/mol. The van der Waals surface area contributed by atoms with E-state index in [9.17, 15) is 4.79 Å². The number of rotatable bonds is 2. The fraction of sp³-hybridized carbons (Fsp3) is 0.143. The second-order valence-electron chi connectivity index (χ2n) is 2.10. The van der Waals surface area contributed by atoms with Gasteiger partial charge in [0.2, 0.25) is 0 Å². The van der Waals surface area contributed by atoms with E-state index in [1.54, 1.807) is 12.1 Å². The van der Waals surface area contributed by atoms with E-state index in [1.165, 1.54) is 12.4 Å². The quantitative estimate of drug-likeness (QED) is 0.633. The van der Waals surface area contributed by atoms with Gasteiger partial charge in [-0.1, -0.05) is 0 Å². The summed E-state index contributed by atoms with van der Waals surface area (Å²) in [4.78, 5) is 14.1. The van der Waals surface area contributed by atoms with Crippen LogP contribution < -0.4 is 5.73 Å². The van der Waals surface area contributed by atoms with Crippen LogP contribution in [0.5, 0.6) is 0 Å². The van der Waals surface area contributed by atoms with Crippen molar-refractivity contribution in [1.29, 1.82) is 0 Å². The van der Waals surface area contributed by atoms with Crippen molar-refractivity contribution in [3.05, 3.63) is 30.1 Å². The molecule has 0 aromatic carbocycles. The highest BCUT2D eigenvalue weighted by Gasteiger charge is 2.12. The van der Waals surface area contributed by atoms with Gasteiger partial charge in [-0.3, -0.25) is 9.78 Å². The molecule has 0 fully saturated rings. The number of carboxylic acid groups (broad SMARTS) is 1. The molecule has 58 valence electrons. The summed E-state index contributed by atoms with van der Waals surface area (Å²) in [5, 5.41) is 8.49. The Morgan fingerprint density at radius 2 is 2.09 bits per heavy atom. The lowest BCUT2D eigenvalue weighted by Crippen LogP contribution is -2.20. The summed E-state index contributed by atoms with van der Waals surface area (Å²) >= 11 is 0. The molecular weight excluding hydrogens is 144 g/mol. The Kier molecular flexibility index (Phi) is 2.18. The first kappa shape index (κ1) is 7.68. The van der Waals surface area contributed by atoms with E-state index in [4.69, 9.17) is 10.8 Å². The first-order valence-electron chi connectivity index (χ1n) is 3.10. The van der Waals surface area contributed by atoms with E-state index in [0.29, 0.717) is 5.56 Å². The fourth-order valence-corrected chi connectivity index (χ4v) is 0.713. The molecule has 0 saturated carbocycles. The number of carboxylic acids is 1. The monoisotopic (exact) mass is 152 g/mol. The summed E-state index contributed by atoms with van der Waals surface area (Å²) < 4.78 is 0. The van der Waals surface area contributed by atoms with E-state index < -0.39 is 12.0 Å². The normalized spacial score (nSPS) is 12.5. The van der Waals surface area contributed by atoms with Crippen LogP contribution >= 0.6 is 0 Å². The third kappa shape index (κ3) is 1.75. The first-order chi connectivity index (χ1) is 5.22. The Labute approximate surface area is 63.7 Å². The second kappa shape index (κ2) is 3.12. The van der Waals surface area contributed by atoms with Gasteiger partial charge < -0.3 is 10.8 Å². The van der Waals surface area contributed by atoms with Crippen molar-refractivity contribution in [3.8, 4) is 0 Å². The van der Waals surface area contributed by atoms with Crippen molar-refractivity contribution < 1.29 is 9.90 Å². The third-order valence-electron chi connectivity index (χ3n) is 1.33. The van der Waals surface area contributed by atoms with Gasteiger partial charge in [0, 0.05) is 12.4 Å². The van der Waals surface area contributed by atoms with Crippen molar-refractivity contribution >= 4 is 5.97 Å².